The van der Waals surface area contributed by atoms with Gasteiger partial charge in [-0.05, 0) is 29.8 Å². The maximum atomic E-state index is 11.2. The fraction of sp³-hybridized carbons (Fsp3) is 0.500. The zero-order chi connectivity index (χ0) is 10.6. The summed E-state index contributed by atoms with van der Waals surface area (Å²) in [6, 6.07) is 0. The highest BCUT2D eigenvalue weighted by Crippen LogP contribution is 2.25. The predicted molar refractivity (Wildman–Crippen MR) is 51.3 cm³/mol. The smallest absolute Gasteiger partial charge is 0.394 e. The van der Waals surface area contributed by atoms with Crippen molar-refractivity contribution in [1.29, 1.82) is 0 Å². The van der Waals surface area contributed by atoms with Crippen LogP contribution in [0.1, 0.15) is 24.5 Å². The molecule has 0 unspecified atom stereocenters. The van der Waals surface area contributed by atoms with Crippen molar-refractivity contribution in [2.45, 2.75) is 13.8 Å². The van der Waals surface area contributed by atoms with Gasteiger partial charge in [0.25, 0.3) is 0 Å². The summed E-state index contributed by atoms with van der Waals surface area (Å²) >= 11 is 3.10. The highest BCUT2D eigenvalue weighted by molar-refractivity contribution is 9.10. The van der Waals surface area contributed by atoms with E-state index in [1.165, 1.54) is 0 Å². The van der Waals surface area contributed by atoms with Gasteiger partial charge in [0.05, 0.1) is 13.2 Å². The van der Waals surface area contributed by atoms with E-state index in [1.54, 1.807) is 13.8 Å². The minimum absolute atomic E-state index is 0.109. The van der Waals surface area contributed by atoms with Crippen LogP contribution in [0.3, 0.4) is 0 Å². The highest BCUT2D eigenvalue weighted by atomic mass is 79.9. The lowest BCUT2D eigenvalue weighted by atomic mass is 10.7. The molecule has 0 radical (unpaired) electrons. The second-order valence-electron chi connectivity index (χ2n) is 2.25. The number of ether oxygens (including phenoxy) is 2. The first kappa shape index (κ1) is 11.0. The van der Waals surface area contributed by atoms with E-state index in [0.29, 0.717) is 11.2 Å². The first-order chi connectivity index (χ1) is 6.69. The summed E-state index contributed by atoms with van der Waals surface area (Å²) in [6.45, 7) is 4.23. The van der Waals surface area contributed by atoms with Gasteiger partial charge in [0, 0.05) is 0 Å². The summed E-state index contributed by atoms with van der Waals surface area (Å²) in [5.41, 5.74) is 0. The van der Waals surface area contributed by atoms with Gasteiger partial charge in [-0.15, -0.1) is 0 Å². The van der Waals surface area contributed by atoms with E-state index in [0.717, 1.165) is 0 Å². The molecule has 0 aliphatic carbocycles. The van der Waals surface area contributed by atoms with Crippen LogP contribution in [-0.2, 0) is 4.74 Å². The number of halogens is 1. The third-order valence-electron chi connectivity index (χ3n) is 1.28. The number of carbonyl (C=O) groups excluding carboxylic acids is 1. The molecule has 0 atom stereocenters. The maximum Gasteiger partial charge on any atom is 0.394 e. The van der Waals surface area contributed by atoms with E-state index in [4.69, 9.17) is 13.9 Å². The zero-order valence-corrected chi connectivity index (χ0v) is 9.46. The Morgan fingerprint density at radius 1 is 1.50 bits per heavy atom. The Morgan fingerprint density at radius 3 is 2.79 bits per heavy atom. The fourth-order valence-corrected chi connectivity index (χ4v) is 1.14. The molecule has 0 aromatic carbocycles. The van der Waals surface area contributed by atoms with Gasteiger partial charge in [0.15, 0.2) is 4.60 Å². The lowest BCUT2D eigenvalue weighted by molar-refractivity contribution is 0.0473. The minimum atomic E-state index is -0.598. The molecule has 0 fully saturated rings. The van der Waals surface area contributed by atoms with E-state index in [1.807, 2.05) is 0 Å². The Balaban J connectivity index is 2.79. The van der Waals surface area contributed by atoms with E-state index in [-0.39, 0.29) is 18.4 Å². The molecule has 1 aromatic rings. The molecule has 0 amide bonds. The van der Waals surface area contributed by atoms with Crippen LogP contribution in [0.25, 0.3) is 0 Å². The zero-order valence-electron chi connectivity index (χ0n) is 7.87. The van der Waals surface area contributed by atoms with Gasteiger partial charge in [-0.3, -0.25) is 0 Å². The second kappa shape index (κ2) is 4.99. The van der Waals surface area contributed by atoms with Crippen LogP contribution in [-0.4, -0.2) is 24.2 Å². The molecule has 0 saturated carbocycles. The molecule has 14 heavy (non-hydrogen) atoms. The fourth-order valence-electron chi connectivity index (χ4n) is 0.788. The average molecular weight is 264 g/mol. The van der Waals surface area contributed by atoms with Crippen LogP contribution in [0.15, 0.2) is 9.02 Å². The molecule has 0 spiro atoms. The maximum absolute atomic E-state index is 11.2. The van der Waals surface area contributed by atoms with Crippen LogP contribution >= 0.6 is 15.9 Å². The molecule has 0 aliphatic heterocycles. The predicted octanol–water partition coefficient (Wildman–Crippen LogP) is 2.01. The van der Waals surface area contributed by atoms with Gasteiger partial charge >= 0.3 is 17.8 Å². The van der Waals surface area contributed by atoms with Crippen molar-refractivity contribution in [2.24, 2.45) is 0 Å². The first-order valence-electron chi connectivity index (χ1n) is 4.15. The molecular weight excluding hydrogens is 254 g/mol. The number of oxazole rings is 1. The monoisotopic (exact) mass is 263 g/mol. The van der Waals surface area contributed by atoms with Crippen LogP contribution < -0.4 is 4.74 Å². The Bertz CT molecular complexity index is 323. The molecule has 1 aromatic heterocycles. The molecule has 5 nitrogen and oxygen atoms in total. The number of rotatable bonds is 4. The minimum Gasteiger partial charge on any atom is -0.463 e. The highest BCUT2D eigenvalue weighted by Gasteiger charge is 2.19. The van der Waals surface area contributed by atoms with Crippen LogP contribution in [0, 0.1) is 0 Å². The summed E-state index contributed by atoms with van der Waals surface area (Å²) in [7, 11) is 0. The Morgan fingerprint density at radius 2 is 2.21 bits per heavy atom. The largest absolute Gasteiger partial charge is 0.463 e. The van der Waals surface area contributed by atoms with Crippen LogP contribution in [0.2, 0.25) is 0 Å². The lowest BCUT2D eigenvalue weighted by Crippen LogP contribution is -2.04. The van der Waals surface area contributed by atoms with E-state index in [2.05, 4.69) is 20.9 Å². The van der Waals surface area contributed by atoms with Crippen LogP contribution in [0.5, 0.6) is 5.95 Å². The quantitative estimate of drug-likeness (QED) is 0.778. The Hall–Kier alpha value is -1.04. The third kappa shape index (κ3) is 2.47. The summed E-state index contributed by atoms with van der Waals surface area (Å²) in [6.07, 6.45) is 0. The van der Waals surface area contributed by atoms with Gasteiger partial charge in [0.2, 0.25) is 0 Å². The second-order valence-corrected chi connectivity index (χ2v) is 3.00. The molecule has 0 N–H and O–H groups in total. The SMILES string of the molecule is CCOC(=O)c1nc(Br)c(OCC)o1. The first-order valence-corrected chi connectivity index (χ1v) is 4.94. The van der Waals surface area contributed by atoms with E-state index < -0.39 is 5.97 Å². The summed E-state index contributed by atoms with van der Waals surface area (Å²) in [5.74, 6) is -0.517. The summed E-state index contributed by atoms with van der Waals surface area (Å²) in [4.78, 5) is 15.0. The van der Waals surface area contributed by atoms with E-state index >= 15 is 0 Å². The molecule has 6 heteroatoms. The topological polar surface area (TPSA) is 61.6 Å². The van der Waals surface area contributed by atoms with Gasteiger partial charge < -0.3 is 13.9 Å². The van der Waals surface area contributed by atoms with Crippen molar-refractivity contribution in [3.63, 3.8) is 0 Å². The van der Waals surface area contributed by atoms with E-state index in [9.17, 15) is 4.79 Å². The summed E-state index contributed by atoms with van der Waals surface area (Å²) < 4.78 is 15.1. The number of aromatic nitrogens is 1. The molecule has 1 rings (SSSR count). The average Bonchev–Trinajstić information content (AvgIpc) is 2.49. The molecule has 0 saturated heterocycles. The standard InChI is InChI=1S/C8H10BrNO4/c1-3-12-7(11)6-10-5(9)8(14-6)13-4-2/h3-4H2,1-2H3. The van der Waals surface area contributed by atoms with Crippen molar-refractivity contribution in [3.05, 3.63) is 10.5 Å². The number of hydrogen-bond acceptors (Lipinski definition) is 5. The number of esters is 1. The van der Waals surface area contributed by atoms with Gasteiger partial charge in [0.1, 0.15) is 0 Å². The molecule has 1 heterocycles. The lowest BCUT2D eigenvalue weighted by Gasteiger charge is -1.96. The van der Waals surface area contributed by atoms with Crippen LogP contribution in [0.4, 0.5) is 0 Å². The molecule has 0 bridgehead atoms. The summed E-state index contributed by atoms with van der Waals surface area (Å²) in [5, 5.41) is 0. The van der Waals surface area contributed by atoms with Crippen molar-refractivity contribution in [1.82, 2.24) is 4.98 Å². The third-order valence-corrected chi connectivity index (χ3v) is 1.78. The van der Waals surface area contributed by atoms with Crippen molar-refractivity contribution in [3.8, 4) is 5.95 Å². The van der Waals surface area contributed by atoms with Crippen molar-refractivity contribution >= 4 is 21.9 Å². The number of nitrogens with zero attached hydrogens (tertiary/aromatic N) is 1. The molecule has 0 aliphatic rings. The number of carbonyl (C=O) groups is 1. The Labute approximate surface area is 89.5 Å². The van der Waals surface area contributed by atoms with Gasteiger partial charge in [-0.25, -0.2) is 4.79 Å². The normalized spacial score (nSPS) is 9.93. The Kier molecular flexibility index (Phi) is 3.94. The number of hydrogen-bond donors (Lipinski definition) is 0. The van der Waals surface area contributed by atoms with Crippen molar-refractivity contribution in [2.75, 3.05) is 13.2 Å². The molecule has 78 valence electrons. The molecular formula is C8H10BrNO4. The van der Waals surface area contributed by atoms with Crippen molar-refractivity contribution < 1.29 is 18.7 Å². The van der Waals surface area contributed by atoms with Gasteiger partial charge in [-0.1, -0.05) is 0 Å². The van der Waals surface area contributed by atoms with Gasteiger partial charge in [-0.2, -0.15) is 4.98 Å².